The molecule has 1 amide bonds. The fourth-order valence-corrected chi connectivity index (χ4v) is 4.05. The average Bonchev–Trinajstić information content (AvgIpc) is 2.93. The quantitative estimate of drug-likeness (QED) is 0.759. The molecule has 2 heterocycles. The molecule has 0 bridgehead atoms. The van der Waals surface area contributed by atoms with Gasteiger partial charge in [0, 0.05) is 31.7 Å². The van der Waals surface area contributed by atoms with Crippen LogP contribution in [0, 0.1) is 0 Å². The largest absolute Gasteiger partial charge is 0.497 e. The number of ether oxygens (including phenoxy) is 3. The van der Waals surface area contributed by atoms with Crippen molar-refractivity contribution in [3.8, 4) is 11.5 Å². The summed E-state index contributed by atoms with van der Waals surface area (Å²) < 4.78 is 16.8. The Bertz CT molecular complexity index is 879. The summed E-state index contributed by atoms with van der Waals surface area (Å²) >= 11 is 0. The third-order valence-electron chi connectivity index (χ3n) is 5.80. The molecule has 0 saturated carbocycles. The van der Waals surface area contributed by atoms with Crippen LogP contribution in [0.15, 0.2) is 42.5 Å². The zero-order valence-corrected chi connectivity index (χ0v) is 17.8. The van der Waals surface area contributed by atoms with Gasteiger partial charge < -0.3 is 19.1 Å². The third kappa shape index (κ3) is 4.94. The van der Waals surface area contributed by atoms with Gasteiger partial charge in [-0.05, 0) is 42.3 Å². The van der Waals surface area contributed by atoms with Gasteiger partial charge in [-0.3, -0.25) is 9.69 Å². The Balaban J connectivity index is 1.48. The molecule has 0 aromatic heterocycles. The highest BCUT2D eigenvalue weighted by atomic mass is 16.5. The van der Waals surface area contributed by atoms with Crippen LogP contribution in [0.4, 0.5) is 0 Å². The number of rotatable bonds is 5. The highest BCUT2D eigenvalue weighted by molar-refractivity contribution is 5.79. The number of fused-ring (bicyclic) bond motifs is 1. The van der Waals surface area contributed by atoms with E-state index in [2.05, 4.69) is 17.0 Å². The van der Waals surface area contributed by atoms with Gasteiger partial charge in [-0.1, -0.05) is 18.2 Å². The second-order valence-corrected chi connectivity index (χ2v) is 8.04. The number of hydrogen-bond donors (Lipinski definition) is 0. The van der Waals surface area contributed by atoms with Gasteiger partial charge in [0.25, 0.3) is 0 Å². The van der Waals surface area contributed by atoms with E-state index in [0.717, 1.165) is 55.5 Å². The normalized spacial score (nSPS) is 19.5. The van der Waals surface area contributed by atoms with Crippen LogP contribution in [0.3, 0.4) is 0 Å². The van der Waals surface area contributed by atoms with Gasteiger partial charge >= 0.3 is 0 Å². The summed E-state index contributed by atoms with van der Waals surface area (Å²) in [7, 11) is 1.64. The third-order valence-corrected chi connectivity index (χ3v) is 5.80. The molecule has 0 aliphatic carbocycles. The van der Waals surface area contributed by atoms with Crippen molar-refractivity contribution in [1.29, 1.82) is 0 Å². The molecule has 1 fully saturated rings. The van der Waals surface area contributed by atoms with E-state index in [1.807, 2.05) is 42.2 Å². The molecular formula is C24H30N2O4. The van der Waals surface area contributed by atoms with Crippen LogP contribution in [0.1, 0.15) is 23.6 Å². The van der Waals surface area contributed by atoms with Crippen molar-refractivity contribution < 1.29 is 19.0 Å². The zero-order chi connectivity index (χ0) is 20.9. The molecule has 2 aliphatic rings. The number of methoxy groups -OCH3 is 1. The average molecular weight is 411 g/mol. The number of carbonyl (C=O) groups excluding carboxylic acids is 1. The number of carbonyl (C=O) groups is 1. The SMILES string of the molecule is COc1cccc(CC(=O)N2Cc3cc(CN4CCOCC4)ccc3OC[C@@H]2C)c1. The van der Waals surface area contributed by atoms with E-state index in [0.29, 0.717) is 19.6 Å². The minimum Gasteiger partial charge on any atom is -0.497 e. The lowest BCUT2D eigenvalue weighted by atomic mass is 10.1. The Labute approximate surface area is 178 Å². The first-order valence-corrected chi connectivity index (χ1v) is 10.6. The van der Waals surface area contributed by atoms with Crippen LogP contribution >= 0.6 is 0 Å². The standard InChI is InChI=1S/C24H30N2O4/c1-18-17-30-23-7-6-20(15-25-8-10-29-11-9-25)12-21(23)16-26(18)24(27)14-19-4-3-5-22(13-19)28-2/h3-7,12-13,18H,8-11,14-17H2,1-2H3/t18-/m0/s1. The van der Waals surface area contributed by atoms with Crippen molar-refractivity contribution in [2.24, 2.45) is 0 Å². The number of morpholine rings is 1. The monoisotopic (exact) mass is 410 g/mol. The molecule has 1 atom stereocenters. The maximum atomic E-state index is 13.1. The van der Waals surface area contributed by atoms with E-state index in [-0.39, 0.29) is 11.9 Å². The first-order valence-electron chi connectivity index (χ1n) is 10.6. The minimum atomic E-state index is 0.0122. The van der Waals surface area contributed by atoms with Gasteiger partial charge in [-0.25, -0.2) is 0 Å². The summed E-state index contributed by atoms with van der Waals surface area (Å²) in [6.45, 7) is 7.49. The molecule has 6 nitrogen and oxygen atoms in total. The van der Waals surface area contributed by atoms with E-state index in [1.165, 1.54) is 5.56 Å². The Morgan fingerprint density at radius 2 is 1.97 bits per heavy atom. The molecule has 2 aromatic carbocycles. The summed E-state index contributed by atoms with van der Waals surface area (Å²) in [6, 6.07) is 14.1. The van der Waals surface area contributed by atoms with Gasteiger partial charge in [0.15, 0.2) is 0 Å². The molecule has 0 spiro atoms. The maximum Gasteiger partial charge on any atom is 0.227 e. The smallest absolute Gasteiger partial charge is 0.227 e. The fraction of sp³-hybridized carbons (Fsp3) is 0.458. The summed E-state index contributed by atoms with van der Waals surface area (Å²) in [4.78, 5) is 17.5. The number of benzene rings is 2. The first-order chi connectivity index (χ1) is 14.6. The van der Waals surface area contributed by atoms with Crippen molar-refractivity contribution in [1.82, 2.24) is 9.80 Å². The van der Waals surface area contributed by atoms with Crippen LogP contribution in [0.5, 0.6) is 11.5 Å². The van der Waals surface area contributed by atoms with Crippen molar-refractivity contribution in [3.63, 3.8) is 0 Å². The Morgan fingerprint density at radius 1 is 1.13 bits per heavy atom. The van der Waals surface area contributed by atoms with Gasteiger partial charge in [0.1, 0.15) is 18.1 Å². The van der Waals surface area contributed by atoms with Crippen molar-refractivity contribution >= 4 is 5.91 Å². The molecular weight excluding hydrogens is 380 g/mol. The molecule has 2 aliphatic heterocycles. The molecule has 6 heteroatoms. The second-order valence-electron chi connectivity index (χ2n) is 8.04. The summed E-state index contributed by atoms with van der Waals surface area (Å²) in [5, 5.41) is 0. The van der Waals surface area contributed by atoms with Crippen LogP contribution in [0.25, 0.3) is 0 Å². The minimum absolute atomic E-state index is 0.0122. The first kappa shape index (κ1) is 20.7. The van der Waals surface area contributed by atoms with Crippen LogP contribution in [-0.2, 0) is 29.0 Å². The van der Waals surface area contributed by atoms with E-state index in [1.54, 1.807) is 7.11 Å². The Kier molecular flexibility index (Phi) is 6.55. The molecule has 160 valence electrons. The second kappa shape index (κ2) is 9.49. The van der Waals surface area contributed by atoms with E-state index in [4.69, 9.17) is 14.2 Å². The highest BCUT2D eigenvalue weighted by Gasteiger charge is 2.26. The lowest BCUT2D eigenvalue weighted by Crippen LogP contribution is -2.40. The summed E-state index contributed by atoms with van der Waals surface area (Å²) in [6.07, 6.45) is 0.352. The zero-order valence-electron chi connectivity index (χ0n) is 17.8. The fourth-order valence-electron chi connectivity index (χ4n) is 4.05. The lowest BCUT2D eigenvalue weighted by Gasteiger charge is -2.27. The molecule has 2 aromatic rings. The Morgan fingerprint density at radius 3 is 2.77 bits per heavy atom. The molecule has 30 heavy (non-hydrogen) atoms. The van der Waals surface area contributed by atoms with Crippen molar-refractivity contribution in [2.45, 2.75) is 32.5 Å². The molecule has 1 saturated heterocycles. The van der Waals surface area contributed by atoms with Crippen LogP contribution in [-0.4, -0.2) is 61.8 Å². The molecule has 0 unspecified atom stereocenters. The molecule has 4 rings (SSSR count). The highest BCUT2D eigenvalue weighted by Crippen LogP contribution is 2.27. The van der Waals surface area contributed by atoms with Gasteiger partial charge in [0.2, 0.25) is 5.91 Å². The van der Waals surface area contributed by atoms with Crippen molar-refractivity contribution in [2.75, 3.05) is 40.0 Å². The van der Waals surface area contributed by atoms with Gasteiger partial charge in [0.05, 0.1) is 32.8 Å². The number of nitrogens with zero attached hydrogens (tertiary/aromatic N) is 2. The summed E-state index contributed by atoms with van der Waals surface area (Å²) in [5.74, 6) is 1.75. The van der Waals surface area contributed by atoms with Gasteiger partial charge in [-0.15, -0.1) is 0 Å². The Hall–Kier alpha value is -2.57. The molecule has 0 radical (unpaired) electrons. The lowest BCUT2D eigenvalue weighted by molar-refractivity contribution is -0.133. The van der Waals surface area contributed by atoms with E-state index < -0.39 is 0 Å². The molecule has 0 N–H and O–H groups in total. The van der Waals surface area contributed by atoms with Gasteiger partial charge in [-0.2, -0.15) is 0 Å². The van der Waals surface area contributed by atoms with E-state index >= 15 is 0 Å². The number of hydrogen-bond acceptors (Lipinski definition) is 5. The predicted octanol–water partition coefficient (Wildman–Crippen LogP) is 2.88. The maximum absolute atomic E-state index is 13.1. The predicted molar refractivity (Wildman–Crippen MR) is 115 cm³/mol. The number of amides is 1. The van der Waals surface area contributed by atoms with Crippen LogP contribution < -0.4 is 9.47 Å². The van der Waals surface area contributed by atoms with Crippen molar-refractivity contribution in [3.05, 3.63) is 59.2 Å². The summed E-state index contributed by atoms with van der Waals surface area (Å²) in [5.41, 5.74) is 3.27. The van der Waals surface area contributed by atoms with Crippen LogP contribution in [0.2, 0.25) is 0 Å². The topological polar surface area (TPSA) is 51.2 Å². The van der Waals surface area contributed by atoms with E-state index in [9.17, 15) is 4.79 Å².